The third kappa shape index (κ3) is 5.52. The molecule has 0 bridgehead atoms. The highest BCUT2D eigenvalue weighted by Crippen LogP contribution is 2.28. The number of sulfonamides is 1. The minimum Gasteiger partial charge on any atom is -0.340 e. The lowest BCUT2D eigenvalue weighted by atomic mass is 10.2. The van der Waals surface area contributed by atoms with Crippen molar-refractivity contribution in [3.8, 4) is 0 Å². The normalized spacial score (nSPS) is 11.2. The summed E-state index contributed by atoms with van der Waals surface area (Å²) < 4.78 is 36.2. The standard InChI is InChI=1S/C21H16ClFN6O2S2/c22-17-10-14(3-7-18(17)23)27-20-16-9-13(4-8-19(16)25-11-26-20)29-21(32)28-12-1-5-15(6-2-12)33(24,30)31/h1-11H,(H2,24,30,31)(H,25,26,27)(H2,28,29,32). The van der Waals surface area contributed by atoms with Crippen LogP contribution in [0.2, 0.25) is 5.02 Å². The second-order valence-electron chi connectivity index (χ2n) is 6.86. The molecule has 0 saturated carbocycles. The summed E-state index contributed by atoms with van der Waals surface area (Å²) in [6.07, 6.45) is 1.42. The van der Waals surface area contributed by atoms with Crippen molar-refractivity contribution in [2.75, 3.05) is 16.0 Å². The first-order chi connectivity index (χ1) is 15.7. The Bertz CT molecular complexity index is 1470. The summed E-state index contributed by atoms with van der Waals surface area (Å²) in [6, 6.07) is 15.6. The quantitative estimate of drug-likeness (QED) is 0.291. The number of aromatic nitrogens is 2. The van der Waals surface area contributed by atoms with Gasteiger partial charge in [-0.15, -0.1) is 0 Å². The molecule has 0 aliphatic heterocycles. The molecule has 0 unspecified atom stereocenters. The van der Waals surface area contributed by atoms with Crippen LogP contribution in [-0.4, -0.2) is 23.5 Å². The Morgan fingerprint density at radius 1 is 0.939 bits per heavy atom. The van der Waals surface area contributed by atoms with E-state index in [-0.39, 0.29) is 15.0 Å². The lowest BCUT2D eigenvalue weighted by molar-refractivity contribution is 0.598. The first kappa shape index (κ1) is 22.8. The molecule has 168 valence electrons. The molecule has 0 radical (unpaired) electrons. The van der Waals surface area contributed by atoms with E-state index in [0.717, 1.165) is 0 Å². The average Bonchev–Trinajstić information content (AvgIpc) is 2.76. The zero-order chi connectivity index (χ0) is 23.6. The van der Waals surface area contributed by atoms with Gasteiger partial charge in [-0.05, 0) is 72.9 Å². The molecule has 1 aromatic heterocycles. The van der Waals surface area contributed by atoms with Crippen LogP contribution in [0.5, 0.6) is 0 Å². The van der Waals surface area contributed by atoms with Crippen molar-refractivity contribution in [2.45, 2.75) is 4.90 Å². The largest absolute Gasteiger partial charge is 0.340 e. The molecule has 0 atom stereocenters. The Balaban J connectivity index is 1.53. The Morgan fingerprint density at radius 3 is 2.30 bits per heavy atom. The maximum absolute atomic E-state index is 13.4. The highest BCUT2D eigenvalue weighted by atomic mass is 35.5. The molecular weight excluding hydrogens is 487 g/mol. The third-order valence-electron chi connectivity index (χ3n) is 4.52. The van der Waals surface area contributed by atoms with E-state index in [1.807, 2.05) is 0 Å². The van der Waals surface area contributed by atoms with Gasteiger partial charge < -0.3 is 16.0 Å². The number of hydrogen-bond acceptors (Lipinski definition) is 6. The monoisotopic (exact) mass is 502 g/mol. The molecule has 12 heteroatoms. The minimum absolute atomic E-state index is 0.00364. The number of thiocarbonyl (C=S) groups is 1. The Hall–Kier alpha value is -3.38. The average molecular weight is 503 g/mol. The van der Waals surface area contributed by atoms with E-state index in [4.69, 9.17) is 29.0 Å². The van der Waals surface area contributed by atoms with Crippen molar-refractivity contribution in [2.24, 2.45) is 5.14 Å². The molecule has 3 aromatic carbocycles. The van der Waals surface area contributed by atoms with Gasteiger partial charge in [0, 0.05) is 22.4 Å². The number of benzene rings is 3. The highest BCUT2D eigenvalue weighted by molar-refractivity contribution is 7.89. The van der Waals surface area contributed by atoms with Crippen molar-refractivity contribution >= 4 is 72.7 Å². The molecule has 0 amide bonds. The number of nitrogens with zero attached hydrogens (tertiary/aromatic N) is 2. The third-order valence-corrected chi connectivity index (χ3v) is 5.94. The zero-order valence-corrected chi connectivity index (χ0v) is 19.1. The van der Waals surface area contributed by atoms with E-state index in [2.05, 4.69) is 25.9 Å². The number of nitrogens with two attached hydrogens (primary N) is 1. The van der Waals surface area contributed by atoms with Crippen LogP contribution < -0.4 is 21.1 Å². The summed E-state index contributed by atoms with van der Waals surface area (Å²) in [5, 5.41) is 15.2. The summed E-state index contributed by atoms with van der Waals surface area (Å²) in [6.45, 7) is 0. The van der Waals surface area contributed by atoms with Gasteiger partial charge >= 0.3 is 0 Å². The molecule has 4 rings (SSSR count). The second kappa shape index (κ2) is 9.24. The van der Waals surface area contributed by atoms with Gasteiger partial charge in [0.15, 0.2) is 5.11 Å². The molecule has 0 saturated heterocycles. The molecule has 0 spiro atoms. The zero-order valence-electron chi connectivity index (χ0n) is 16.7. The van der Waals surface area contributed by atoms with Gasteiger partial charge in [-0.25, -0.2) is 27.9 Å². The SMILES string of the molecule is NS(=O)(=O)c1ccc(NC(=S)Nc2ccc3ncnc(Nc4ccc(F)c(Cl)c4)c3c2)cc1. The van der Waals surface area contributed by atoms with Gasteiger partial charge in [-0.1, -0.05) is 11.6 Å². The molecule has 33 heavy (non-hydrogen) atoms. The van der Waals surface area contributed by atoms with E-state index >= 15 is 0 Å². The first-order valence-corrected chi connectivity index (χ1v) is 11.7. The summed E-state index contributed by atoms with van der Waals surface area (Å²) in [5.74, 6) is -0.00895. The number of primary sulfonamides is 1. The van der Waals surface area contributed by atoms with Crippen molar-refractivity contribution in [1.29, 1.82) is 0 Å². The van der Waals surface area contributed by atoms with Crippen LogP contribution in [0.1, 0.15) is 0 Å². The lowest BCUT2D eigenvalue weighted by Crippen LogP contribution is -2.19. The number of anilines is 4. The van der Waals surface area contributed by atoms with Crippen molar-refractivity contribution in [1.82, 2.24) is 9.97 Å². The van der Waals surface area contributed by atoms with Crippen LogP contribution in [0, 0.1) is 5.82 Å². The van der Waals surface area contributed by atoms with Crippen LogP contribution in [-0.2, 0) is 10.0 Å². The Labute approximate surface area is 199 Å². The van der Waals surface area contributed by atoms with Crippen LogP contribution in [0.3, 0.4) is 0 Å². The molecule has 0 aliphatic carbocycles. The predicted octanol–water partition coefficient (Wildman–Crippen LogP) is 4.62. The molecule has 1 heterocycles. The van der Waals surface area contributed by atoms with Crippen LogP contribution >= 0.6 is 23.8 Å². The van der Waals surface area contributed by atoms with E-state index in [1.54, 1.807) is 36.4 Å². The number of fused-ring (bicyclic) bond motifs is 1. The van der Waals surface area contributed by atoms with E-state index in [9.17, 15) is 12.8 Å². The van der Waals surface area contributed by atoms with Crippen LogP contribution in [0.4, 0.5) is 27.3 Å². The Morgan fingerprint density at radius 2 is 1.61 bits per heavy atom. The van der Waals surface area contributed by atoms with Gasteiger partial charge in [0.2, 0.25) is 10.0 Å². The smallest absolute Gasteiger partial charge is 0.238 e. The Kier molecular flexibility index (Phi) is 6.38. The molecule has 0 aliphatic rings. The molecular formula is C21H16ClFN6O2S2. The number of nitrogens with one attached hydrogen (secondary N) is 3. The fourth-order valence-electron chi connectivity index (χ4n) is 2.97. The molecule has 4 aromatic rings. The second-order valence-corrected chi connectivity index (χ2v) is 9.23. The van der Waals surface area contributed by atoms with Crippen LogP contribution in [0.25, 0.3) is 10.9 Å². The van der Waals surface area contributed by atoms with Crippen LogP contribution in [0.15, 0.2) is 71.9 Å². The number of rotatable bonds is 5. The van der Waals surface area contributed by atoms with E-state index in [1.165, 1.54) is 30.6 Å². The van der Waals surface area contributed by atoms with E-state index < -0.39 is 15.8 Å². The highest BCUT2D eigenvalue weighted by Gasteiger charge is 2.09. The van der Waals surface area contributed by atoms with E-state index in [0.29, 0.717) is 33.8 Å². The van der Waals surface area contributed by atoms with Gasteiger partial charge in [0.1, 0.15) is 18.0 Å². The summed E-state index contributed by atoms with van der Waals surface area (Å²) in [7, 11) is -3.77. The summed E-state index contributed by atoms with van der Waals surface area (Å²) in [4.78, 5) is 8.54. The molecule has 5 N–H and O–H groups in total. The van der Waals surface area contributed by atoms with Gasteiger partial charge in [-0.3, -0.25) is 0 Å². The summed E-state index contributed by atoms with van der Waals surface area (Å²) >= 11 is 11.2. The maximum atomic E-state index is 13.4. The predicted molar refractivity (Wildman–Crippen MR) is 132 cm³/mol. The number of hydrogen-bond donors (Lipinski definition) is 4. The molecule has 0 fully saturated rings. The van der Waals surface area contributed by atoms with Gasteiger partial charge in [-0.2, -0.15) is 0 Å². The minimum atomic E-state index is -3.77. The number of halogens is 2. The summed E-state index contributed by atoms with van der Waals surface area (Å²) in [5.41, 5.74) is 2.50. The van der Waals surface area contributed by atoms with Crippen molar-refractivity contribution in [3.63, 3.8) is 0 Å². The van der Waals surface area contributed by atoms with Crippen molar-refractivity contribution < 1.29 is 12.8 Å². The van der Waals surface area contributed by atoms with Gasteiger partial charge in [0.05, 0.1) is 15.4 Å². The fraction of sp³-hybridized carbons (Fsp3) is 0. The van der Waals surface area contributed by atoms with Crippen molar-refractivity contribution in [3.05, 3.63) is 77.8 Å². The first-order valence-electron chi connectivity index (χ1n) is 9.37. The fourth-order valence-corrected chi connectivity index (χ4v) is 3.90. The van der Waals surface area contributed by atoms with Gasteiger partial charge in [0.25, 0.3) is 0 Å². The topological polar surface area (TPSA) is 122 Å². The lowest BCUT2D eigenvalue weighted by Gasteiger charge is -2.13. The molecule has 8 nitrogen and oxygen atoms in total. The maximum Gasteiger partial charge on any atom is 0.238 e.